The van der Waals surface area contributed by atoms with Crippen LogP contribution in [0.5, 0.6) is 0 Å². The maximum atomic E-state index is 13.5. The lowest BCUT2D eigenvalue weighted by molar-refractivity contribution is -0.150. The summed E-state index contributed by atoms with van der Waals surface area (Å²) in [6, 6.07) is 0. The number of likely N-dealkylation sites (tertiary alicyclic amines) is 1. The van der Waals surface area contributed by atoms with E-state index in [1.165, 1.54) is 22.7 Å². The van der Waals surface area contributed by atoms with Gasteiger partial charge in [-0.1, -0.05) is 0 Å². The molecule has 1 rings (SSSR count). The number of carboxylic acid groups (broad SMARTS) is 1. The van der Waals surface area contributed by atoms with Crippen LogP contribution in [0.15, 0.2) is 11.5 Å². The molecule has 0 bridgehead atoms. The van der Waals surface area contributed by atoms with E-state index in [1.54, 1.807) is 11.7 Å². The van der Waals surface area contributed by atoms with E-state index in [2.05, 4.69) is 0 Å². The minimum absolute atomic E-state index is 0.138. The van der Waals surface area contributed by atoms with Crippen LogP contribution in [-0.2, 0) is 9.59 Å². The summed E-state index contributed by atoms with van der Waals surface area (Å²) in [7, 11) is 0. The molecular weight excluding hydrogens is 221 g/mol. The van der Waals surface area contributed by atoms with E-state index in [0.29, 0.717) is 0 Å². The number of thioether (sulfide) groups is 1. The first-order valence-corrected chi connectivity index (χ1v) is 5.69. The Hall–Kier alpha value is -1.04. The zero-order valence-electron chi connectivity index (χ0n) is 8.27. The average molecular weight is 233 g/mol. The number of hydrogen-bond acceptors (Lipinski definition) is 3. The molecule has 6 heteroatoms. The summed E-state index contributed by atoms with van der Waals surface area (Å²) in [5, 5.41) is 10.2. The molecule has 0 spiro atoms. The standard InChI is InChI=1S/C9H12FNO3S/c1-15-5-2-7(12)11-4-3-9(10,6-11)8(13)14/h2,5H,3-4,6H2,1H3,(H,13,14)/b5-2+. The highest BCUT2D eigenvalue weighted by Crippen LogP contribution is 2.26. The maximum Gasteiger partial charge on any atom is 0.343 e. The molecular formula is C9H12FNO3S. The van der Waals surface area contributed by atoms with Crippen molar-refractivity contribution in [2.24, 2.45) is 0 Å². The first-order chi connectivity index (χ1) is 6.99. The summed E-state index contributed by atoms with van der Waals surface area (Å²) in [4.78, 5) is 23.2. The van der Waals surface area contributed by atoms with Crippen molar-refractivity contribution in [2.75, 3.05) is 19.3 Å². The zero-order chi connectivity index (χ0) is 11.5. The third kappa shape index (κ3) is 2.71. The van der Waals surface area contributed by atoms with Crippen molar-refractivity contribution in [2.45, 2.75) is 12.1 Å². The van der Waals surface area contributed by atoms with Crippen molar-refractivity contribution in [3.63, 3.8) is 0 Å². The van der Waals surface area contributed by atoms with Crippen LogP contribution in [0.25, 0.3) is 0 Å². The molecule has 84 valence electrons. The fourth-order valence-electron chi connectivity index (χ4n) is 1.37. The van der Waals surface area contributed by atoms with E-state index < -0.39 is 11.6 Å². The van der Waals surface area contributed by atoms with Crippen LogP contribution in [0, 0.1) is 0 Å². The Morgan fingerprint density at radius 3 is 2.73 bits per heavy atom. The maximum absolute atomic E-state index is 13.5. The molecule has 1 saturated heterocycles. The second-order valence-corrected chi connectivity index (χ2v) is 4.06. The Kier molecular flexibility index (Phi) is 3.73. The molecule has 1 unspecified atom stereocenters. The fourth-order valence-corrected chi connectivity index (χ4v) is 1.62. The van der Waals surface area contributed by atoms with Crippen LogP contribution in [0.4, 0.5) is 4.39 Å². The van der Waals surface area contributed by atoms with E-state index in [0.717, 1.165) is 0 Å². The van der Waals surface area contributed by atoms with Crippen LogP contribution in [0.2, 0.25) is 0 Å². The summed E-state index contributed by atoms with van der Waals surface area (Å²) in [6.07, 6.45) is 2.98. The monoisotopic (exact) mass is 233 g/mol. The van der Waals surface area contributed by atoms with Crippen molar-refractivity contribution in [1.29, 1.82) is 0 Å². The second kappa shape index (κ2) is 4.65. The van der Waals surface area contributed by atoms with Gasteiger partial charge in [0, 0.05) is 19.0 Å². The Bertz CT molecular complexity index is 308. The van der Waals surface area contributed by atoms with Gasteiger partial charge in [0.05, 0.1) is 6.54 Å². The molecule has 1 aliphatic rings. The van der Waals surface area contributed by atoms with Gasteiger partial charge in [-0.05, 0) is 11.7 Å². The van der Waals surface area contributed by atoms with Crippen molar-refractivity contribution in [3.8, 4) is 0 Å². The average Bonchev–Trinajstić information content (AvgIpc) is 2.59. The number of aliphatic carboxylic acids is 1. The Morgan fingerprint density at radius 2 is 2.27 bits per heavy atom. The van der Waals surface area contributed by atoms with E-state index in [4.69, 9.17) is 5.11 Å². The van der Waals surface area contributed by atoms with Crippen LogP contribution < -0.4 is 0 Å². The molecule has 4 nitrogen and oxygen atoms in total. The van der Waals surface area contributed by atoms with Gasteiger partial charge in [-0.25, -0.2) is 9.18 Å². The third-order valence-electron chi connectivity index (χ3n) is 2.26. The van der Waals surface area contributed by atoms with Gasteiger partial charge in [0.15, 0.2) is 0 Å². The predicted octanol–water partition coefficient (Wildman–Crippen LogP) is 0.888. The van der Waals surface area contributed by atoms with Crippen molar-refractivity contribution >= 4 is 23.6 Å². The number of amides is 1. The van der Waals surface area contributed by atoms with Crippen molar-refractivity contribution < 1.29 is 19.1 Å². The van der Waals surface area contributed by atoms with Crippen LogP contribution in [-0.4, -0.2) is 46.9 Å². The molecule has 1 atom stereocenters. The van der Waals surface area contributed by atoms with Gasteiger partial charge >= 0.3 is 5.97 Å². The number of carbonyl (C=O) groups excluding carboxylic acids is 1. The number of carbonyl (C=O) groups is 2. The van der Waals surface area contributed by atoms with Gasteiger partial charge in [0.25, 0.3) is 0 Å². The largest absolute Gasteiger partial charge is 0.479 e. The topological polar surface area (TPSA) is 57.6 Å². The molecule has 1 aliphatic heterocycles. The molecule has 1 fully saturated rings. The third-order valence-corrected chi connectivity index (χ3v) is 2.67. The highest BCUT2D eigenvalue weighted by molar-refractivity contribution is 8.01. The first-order valence-electron chi connectivity index (χ1n) is 4.40. The summed E-state index contributed by atoms with van der Waals surface area (Å²) >= 11 is 1.36. The first kappa shape index (κ1) is 12.0. The highest BCUT2D eigenvalue weighted by atomic mass is 32.2. The number of rotatable bonds is 3. The second-order valence-electron chi connectivity index (χ2n) is 3.32. The van der Waals surface area contributed by atoms with E-state index in [-0.39, 0.29) is 25.4 Å². The Morgan fingerprint density at radius 1 is 1.60 bits per heavy atom. The lowest BCUT2D eigenvalue weighted by Crippen LogP contribution is -2.38. The minimum atomic E-state index is -2.27. The van der Waals surface area contributed by atoms with Gasteiger partial charge in [0.2, 0.25) is 11.6 Å². The molecule has 1 heterocycles. The van der Waals surface area contributed by atoms with Crippen molar-refractivity contribution in [1.82, 2.24) is 4.90 Å². The highest BCUT2D eigenvalue weighted by Gasteiger charge is 2.46. The summed E-state index contributed by atoms with van der Waals surface area (Å²) in [5.41, 5.74) is -2.27. The molecule has 15 heavy (non-hydrogen) atoms. The van der Waals surface area contributed by atoms with Crippen LogP contribution in [0.1, 0.15) is 6.42 Å². The van der Waals surface area contributed by atoms with Gasteiger partial charge in [-0.2, -0.15) is 0 Å². The number of carboxylic acids is 1. The van der Waals surface area contributed by atoms with Gasteiger partial charge < -0.3 is 10.0 Å². The molecule has 1 amide bonds. The Labute approximate surface area is 91.1 Å². The molecule has 0 aromatic carbocycles. The van der Waals surface area contributed by atoms with Crippen LogP contribution in [0.3, 0.4) is 0 Å². The molecule has 1 N–H and O–H groups in total. The van der Waals surface area contributed by atoms with E-state index >= 15 is 0 Å². The number of halogens is 1. The Balaban J connectivity index is 2.60. The van der Waals surface area contributed by atoms with Gasteiger partial charge in [0.1, 0.15) is 0 Å². The molecule has 0 aromatic heterocycles. The SMILES string of the molecule is CS/C=C/C(=O)N1CCC(F)(C(=O)O)C1. The summed E-state index contributed by atoms with van der Waals surface area (Å²) < 4.78 is 13.5. The quantitative estimate of drug-likeness (QED) is 0.735. The lowest BCUT2D eigenvalue weighted by Gasteiger charge is -2.15. The molecule has 0 saturated carbocycles. The van der Waals surface area contributed by atoms with E-state index in [1.807, 2.05) is 0 Å². The number of hydrogen-bond donors (Lipinski definition) is 1. The molecule has 0 radical (unpaired) electrons. The minimum Gasteiger partial charge on any atom is -0.479 e. The zero-order valence-corrected chi connectivity index (χ0v) is 9.09. The van der Waals surface area contributed by atoms with Gasteiger partial charge in [-0.15, -0.1) is 11.8 Å². The normalized spacial score (nSPS) is 26.1. The van der Waals surface area contributed by atoms with Crippen LogP contribution >= 0.6 is 11.8 Å². The smallest absolute Gasteiger partial charge is 0.343 e. The molecule has 0 aliphatic carbocycles. The van der Waals surface area contributed by atoms with Crippen molar-refractivity contribution in [3.05, 3.63) is 11.5 Å². The summed E-state index contributed by atoms with van der Waals surface area (Å²) in [6.45, 7) is -0.208. The lowest BCUT2D eigenvalue weighted by atomic mass is 10.1. The molecule has 0 aromatic rings. The number of nitrogens with zero attached hydrogens (tertiary/aromatic N) is 1. The fraction of sp³-hybridized carbons (Fsp3) is 0.556. The predicted molar refractivity (Wildman–Crippen MR) is 55.3 cm³/mol. The van der Waals surface area contributed by atoms with E-state index in [9.17, 15) is 14.0 Å². The van der Waals surface area contributed by atoms with Gasteiger partial charge in [-0.3, -0.25) is 4.79 Å². The number of alkyl halides is 1. The summed E-state index contributed by atoms with van der Waals surface area (Å²) in [5.74, 6) is -1.84.